The van der Waals surface area contributed by atoms with Crippen LogP contribution in [0.1, 0.15) is 33.3 Å². The number of aromatic nitrogens is 2. The Morgan fingerprint density at radius 3 is 2.33 bits per heavy atom. The average Bonchev–Trinajstić information content (AvgIpc) is 2.82. The first-order chi connectivity index (χ1) is 9.62. The van der Waals surface area contributed by atoms with Crippen LogP contribution in [0.2, 0.25) is 5.02 Å². The van der Waals surface area contributed by atoms with Crippen LogP contribution < -0.4 is 5.46 Å². The molecule has 112 valence electrons. The van der Waals surface area contributed by atoms with Crippen LogP contribution in [0.3, 0.4) is 0 Å². The number of rotatable bonds is 1. The maximum absolute atomic E-state index is 6.54. The first kappa shape index (κ1) is 14.9. The molecule has 1 fully saturated rings. The molecule has 0 aliphatic carbocycles. The van der Waals surface area contributed by atoms with Crippen LogP contribution in [0.15, 0.2) is 12.3 Å². The molecule has 0 radical (unpaired) electrons. The Labute approximate surface area is 130 Å². The van der Waals surface area contributed by atoms with Crippen LogP contribution in [0.4, 0.5) is 0 Å². The molecule has 1 saturated heterocycles. The zero-order valence-corrected chi connectivity index (χ0v) is 14.1. The van der Waals surface area contributed by atoms with Crippen molar-refractivity contribution >= 4 is 35.1 Å². The minimum Gasteiger partial charge on any atom is -0.399 e. The topological polar surface area (TPSA) is 36.3 Å². The van der Waals surface area contributed by atoms with Gasteiger partial charge in [-0.1, -0.05) is 11.6 Å². The molecule has 1 aromatic carbocycles. The molecule has 0 bridgehead atoms. The Morgan fingerprint density at radius 1 is 1.19 bits per heavy atom. The van der Waals surface area contributed by atoms with E-state index in [9.17, 15) is 0 Å². The third-order valence-corrected chi connectivity index (χ3v) is 5.11. The smallest absolute Gasteiger partial charge is 0.399 e. The third kappa shape index (κ3) is 2.19. The molecule has 1 aliphatic rings. The lowest BCUT2D eigenvalue weighted by atomic mass is 9.77. The molecule has 0 saturated carbocycles. The van der Waals surface area contributed by atoms with Crippen molar-refractivity contribution in [2.24, 2.45) is 7.05 Å². The summed E-state index contributed by atoms with van der Waals surface area (Å²) in [6.07, 6.45) is 1.98. The van der Waals surface area contributed by atoms with Crippen LogP contribution in [0.5, 0.6) is 0 Å². The van der Waals surface area contributed by atoms with E-state index in [2.05, 4.69) is 5.10 Å². The lowest BCUT2D eigenvalue weighted by Crippen LogP contribution is -2.41. The van der Waals surface area contributed by atoms with Crippen LogP contribution in [-0.2, 0) is 16.4 Å². The SMILES string of the molecule is Cc1c(Cl)c(B2OC(C)(C)C(C)(C)O2)cc2cn(C)nc12. The van der Waals surface area contributed by atoms with Crippen molar-refractivity contribution in [2.45, 2.75) is 45.8 Å². The molecule has 6 heteroatoms. The standard InChI is InChI=1S/C15H20BClN2O2/c1-9-12(17)11(7-10-8-19(6)18-13(9)10)16-20-14(2,3)15(4,5)21-16/h7-8H,1-6H3. The highest BCUT2D eigenvalue weighted by Crippen LogP contribution is 2.37. The minimum atomic E-state index is -0.453. The van der Waals surface area contributed by atoms with Crippen LogP contribution in [0.25, 0.3) is 10.9 Å². The van der Waals surface area contributed by atoms with Gasteiger partial charge in [0.2, 0.25) is 0 Å². The second-order valence-corrected chi connectivity index (χ2v) is 7.11. The molecule has 3 rings (SSSR count). The lowest BCUT2D eigenvalue weighted by molar-refractivity contribution is 0.00578. The van der Waals surface area contributed by atoms with E-state index in [4.69, 9.17) is 20.9 Å². The van der Waals surface area contributed by atoms with Crippen molar-refractivity contribution in [3.63, 3.8) is 0 Å². The van der Waals surface area contributed by atoms with Crippen molar-refractivity contribution in [1.82, 2.24) is 9.78 Å². The van der Waals surface area contributed by atoms with Gasteiger partial charge in [0.05, 0.1) is 16.7 Å². The van der Waals surface area contributed by atoms with Gasteiger partial charge in [0.25, 0.3) is 0 Å². The number of benzene rings is 1. The molecule has 0 spiro atoms. The maximum Gasteiger partial charge on any atom is 0.496 e. The Kier molecular flexibility index (Phi) is 3.17. The summed E-state index contributed by atoms with van der Waals surface area (Å²) in [5.41, 5.74) is 1.99. The molecular formula is C15H20BClN2O2. The summed E-state index contributed by atoms with van der Waals surface area (Å²) in [5, 5.41) is 6.16. The van der Waals surface area contributed by atoms with Crippen LogP contribution in [-0.4, -0.2) is 28.1 Å². The molecule has 0 unspecified atom stereocenters. The van der Waals surface area contributed by atoms with Gasteiger partial charge in [0.1, 0.15) is 0 Å². The number of aryl methyl sites for hydroxylation is 2. The second-order valence-electron chi connectivity index (χ2n) is 6.73. The fraction of sp³-hybridized carbons (Fsp3) is 0.533. The summed E-state index contributed by atoms with van der Waals surface area (Å²) in [4.78, 5) is 0. The molecule has 21 heavy (non-hydrogen) atoms. The molecule has 2 heterocycles. The number of fused-ring (bicyclic) bond motifs is 1. The minimum absolute atomic E-state index is 0.376. The summed E-state index contributed by atoms with van der Waals surface area (Å²) < 4.78 is 14.0. The van der Waals surface area contributed by atoms with Gasteiger partial charge >= 0.3 is 7.12 Å². The van der Waals surface area contributed by atoms with Crippen molar-refractivity contribution in [3.8, 4) is 0 Å². The summed E-state index contributed by atoms with van der Waals surface area (Å²) in [5.74, 6) is 0. The van der Waals surface area contributed by atoms with Crippen LogP contribution in [0, 0.1) is 6.92 Å². The highest BCUT2D eigenvalue weighted by Gasteiger charge is 2.52. The Hall–Kier alpha value is -1.04. The molecule has 0 N–H and O–H groups in total. The van der Waals surface area contributed by atoms with Crippen molar-refractivity contribution in [3.05, 3.63) is 22.8 Å². The van der Waals surface area contributed by atoms with E-state index in [0.29, 0.717) is 5.02 Å². The van der Waals surface area contributed by atoms with E-state index in [0.717, 1.165) is 21.9 Å². The fourth-order valence-corrected chi connectivity index (χ4v) is 2.83. The number of nitrogens with zero attached hydrogens (tertiary/aromatic N) is 2. The van der Waals surface area contributed by atoms with E-state index < -0.39 is 7.12 Å². The van der Waals surface area contributed by atoms with Crippen LogP contribution >= 0.6 is 11.6 Å². The summed E-state index contributed by atoms with van der Waals surface area (Å²) >= 11 is 6.54. The lowest BCUT2D eigenvalue weighted by Gasteiger charge is -2.32. The number of hydrogen-bond acceptors (Lipinski definition) is 3. The van der Waals surface area contributed by atoms with Crippen molar-refractivity contribution in [1.29, 1.82) is 0 Å². The van der Waals surface area contributed by atoms with E-state index in [1.807, 2.05) is 53.9 Å². The molecule has 2 aromatic rings. The first-order valence-corrected chi connectivity index (χ1v) is 7.48. The summed E-state index contributed by atoms with van der Waals surface area (Å²) in [7, 11) is 1.45. The average molecular weight is 307 g/mol. The van der Waals surface area contributed by atoms with E-state index in [1.54, 1.807) is 4.68 Å². The maximum atomic E-state index is 6.54. The van der Waals surface area contributed by atoms with Gasteiger partial charge in [-0.25, -0.2) is 0 Å². The van der Waals surface area contributed by atoms with Gasteiger partial charge in [0, 0.05) is 29.1 Å². The molecule has 1 aliphatic heterocycles. The molecule has 0 atom stereocenters. The zero-order valence-electron chi connectivity index (χ0n) is 13.3. The first-order valence-electron chi connectivity index (χ1n) is 7.10. The van der Waals surface area contributed by atoms with Gasteiger partial charge in [-0.05, 0) is 46.2 Å². The largest absolute Gasteiger partial charge is 0.496 e. The molecule has 0 amide bonds. The number of hydrogen-bond donors (Lipinski definition) is 0. The second kappa shape index (κ2) is 4.48. The van der Waals surface area contributed by atoms with Gasteiger partial charge in [-0.3, -0.25) is 4.68 Å². The highest BCUT2D eigenvalue weighted by molar-refractivity contribution is 6.66. The molecule has 4 nitrogen and oxygen atoms in total. The number of halogens is 1. The van der Waals surface area contributed by atoms with Crippen molar-refractivity contribution < 1.29 is 9.31 Å². The van der Waals surface area contributed by atoms with E-state index in [-0.39, 0.29) is 11.2 Å². The van der Waals surface area contributed by atoms with Gasteiger partial charge in [0.15, 0.2) is 0 Å². The fourth-order valence-electron chi connectivity index (χ4n) is 2.60. The predicted octanol–water partition coefficient (Wildman–Crippen LogP) is 2.83. The van der Waals surface area contributed by atoms with Gasteiger partial charge < -0.3 is 9.31 Å². The van der Waals surface area contributed by atoms with E-state index >= 15 is 0 Å². The third-order valence-electron chi connectivity index (χ3n) is 4.61. The Bertz CT molecular complexity index is 708. The summed E-state index contributed by atoms with van der Waals surface area (Å²) in [6, 6.07) is 2.01. The Balaban J connectivity index is 2.12. The quantitative estimate of drug-likeness (QED) is 0.760. The predicted molar refractivity (Wildman–Crippen MR) is 86.2 cm³/mol. The highest BCUT2D eigenvalue weighted by atomic mass is 35.5. The summed E-state index contributed by atoms with van der Waals surface area (Å²) in [6.45, 7) is 10.1. The Morgan fingerprint density at radius 2 is 1.76 bits per heavy atom. The molecule has 1 aromatic heterocycles. The zero-order chi connectivity index (χ0) is 15.6. The van der Waals surface area contributed by atoms with Crippen molar-refractivity contribution in [2.75, 3.05) is 0 Å². The molecular weight excluding hydrogens is 286 g/mol. The normalized spacial score (nSPS) is 20.4. The van der Waals surface area contributed by atoms with Gasteiger partial charge in [-0.2, -0.15) is 5.10 Å². The van der Waals surface area contributed by atoms with Gasteiger partial charge in [-0.15, -0.1) is 0 Å². The van der Waals surface area contributed by atoms with E-state index in [1.165, 1.54) is 0 Å². The monoisotopic (exact) mass is 306 g/mol.